The molecule has 176 valence electrons. The van der Waals surface area contributed by atoms with Crippen LogP contribution in [-0.2, 0) is 20.7 Å². The molecule has 5 heteroatoms. The van der Waals surface area contributed by atoms with Crippen LogP contribution in [0.25, 0.3) is 0 Å². The molecule has 2 aliphatic heterocycles. The van der Waals surface area contributed by atoms with Gasteiger partial charge in [-0.05, 0) is 62.7 Å². The van der Waals surface area contributed by atoms with Crippen LogP contribution in [0.2, 0.25) is 0 Å². The maximum absolute atomic E-state index is 14.0. The van der Waals surface area contributed by atoms with Crippen molar-refractivity contribution in [3.05, 3.63) is 60.2 Å². The van der Waals surface area contributed by atoms with Crippen LogP contribution in [0, 0.1) is 29.1 Å². The summed E-state index contributed by atoms with van der Waals surface area (Å²) in [5.41, 5.74) is -1.53. The number of fused-ring (bicyclic) bond motifs is 2. The average molecular weight is 450 g/mol. The third-order valence-electron chi connectivity index (χ3n) is 8.78. The Morgan fingerprint density at radius 1 is 1.15 bits per heavy atom. The van der Waals surface area contributed by atoms with Gasteiger partial charge in [0, 0.05) is 17.9 Å². The van der Waals surface area contributed by atoms with E-state index >= 15 is 0 Å². The molecule has 2 N–H and O–H groups in total. The van der Waals surface area contributed by atoms with Crippen molar-refractivity contribution < 1.29 is 19.4 Å². The fourth-order valence-corrected chi connectivity index (χ4v) is 7.04. The summed E-state index contributed by atoms with van der Waals surface area (Å²) in [5, 5.41) is 14.1. The molecule has 2 aliphatic carbocycles. The molecule has 5 rings (SSSR count). The van der Waals surface area contributed by atoms with Crippen molar-refractivity contribution in [3.63, 3.8) is 0 Å². The van der Waals surface area contributed by atoms with Crippen molar-refractivity contribution in [2.45, 2.75) is 70.3 Å². The van der Waals surface area contributed by atoms with E-state index in [-0.39, 0.29) is 53.1 Å². The first-order chi connectivity index (χ1) is 15.6. The van der Waals surface area contributed by atoms with Gasteiger partial charge < -0.3 is 15.2 Å². The largest absolute Gasteiger partial charge is 0.386 e. The van der Waals surface area contributed by atoms with E-state index < -0.39 is 11.0 Å². The van der Waals surface area contributed by atoms with Crippen LogP contribution < -0.4 is 5.32 Å². The predicted octanol–water partition coefficient (Wildman–Crippen LogP) is 3.62. The Morgan fingerprint density at radius 3 is 2.61 bits per heavy atom. The summed E-state index contributed by atoms with van der Waals surface area (Å²) in [6.45, 7) is 8.09. The Labute approximate surface area is 196 Å². The molecule has 9 unspecified atom stereocenters. The second-order valence-corrected chi connectivity index (χ2v) is 11.2. The molecule has 1 aromatic carbocycles. The van der Waals surface area contributed by atoms with E-state index in [0.29, 0.717) is 12.8 Å². The van der Waals surface area contributed by atoms with Gasteiger partial charge in [0.2, 0.25) is 5.91 Å². The summed E-state index contributed by atoms with van der Waals surface area (Å²) in [7, 11) is 0. The maximum Gasteiger partial charge on any atom is 0.235 e. The van der Waals surface area contributed by atoms with Gasteiger partial charge in [-0.15, -0.1) is 0 Å². The molecule has 1 aromatic rings. The smallest absolute Gasteiger partial charge is 0.235 e. The summed E-state index contributed by atoms with van der Waals surface area (Å²) in [6.07, 6.45) is 9.10. The molecule has 1 spiro atoms. The molecule has 4 aliphatic rings. The number of ether oxygens (including phenoxy) is 1. The first-order valence-electron chi connectivity index (χ1n) is 12.2. The topological polar surface area (TPSA) is 78.9 Å². The number of hydrogen-bond donors (Lipinski definition) is 2. The number of ketones is 1. The van der Waals surface area contributed by atoms with Gasteiger partial charge in [-0.1, -0.05) is 56.3 Å². The molecule has 5 nitrogen and oxygen atoms in total. The zero-order valence-electron chi connectivity index (χ0n) is 20.0. The molecule has 1 amide bonds. The van der Waals surface area contributed by atoms with Gasteiger partial charge in [0.25, 0.3) is 0 Å². The number of benzene rings is 1. The molecule has 3 fully saturated rings. The number of epoxide rings is 1. The number of rotatable bonds is 2. The van der Waals surface area contributed by atoms with E-state index in [1.807, 2.05) is 18.2 Å². The Bertz CT molecular complexity index is 1010. The molecule has 0 bridgehead atoms. The zero-order valence-corrected chi connectivity index (χ0v) is 20.0. The minimum atomic E-state index is -1.23. The SMILES string of the molecule is CC1CC=CC2C3OC3(C)C(C)C3C(Cc4ccccc4)NC(=O)C23C(=O)C=CC(C)(O)C1. The molecule has 9 atom stereocenters. The minimum absolute atomic E-state index is 0.0294. The van der Waals surface area contributed by atoms with Gasteiger partial charge in [-0.3, -0.25) is 9.59 Å². The van der Waals surface area contributed by atoms with E-state index in [1.54, 1.807) is 13.0 Å². The highest BCUT2D eigenvalue weighted by molar-refractivity contribution is 6.13. The van der Waals surface area contributed by atoms with Crippen molar-refractivity contribution in [1.82, 2.24) is 5.32 Å². The molecule has 2 saturated heterocycles. The maximum atomic E-state index is 14.0. The van der Waals surface area contributed by atoms with Gasteiger partial charge in [0.1, 0.15) is 5.41 Å². The Balaban J connectivity index is 1.63. The molecule has 33 heavy (non-hydrogen) atoms. The lowest BCUT2D eigenvalue weighted by atomic mass is 9.51. The Morgan fingerprint density at radius 2 is 1.88 bits per heavy atom. The molecular formula is C28H35NO4. The zero-order chi connectivity index (χ0) is 23.6. The van der Waals surface area contributed by atoms with Crippen molar-refractivity contribution in [2.24, 2.45) is 29.1 Å². The van der Waals surface area contributed by atoms with Crippen LogP contribution in [0.15, 0.2) is 54.6 Å². The van der Waals surface area contributed by atoms with Crippen molar-refractivity contribution in [2.75, 3.05) is 0 Å². The summed E-state index contributed by atoms with van der Waals surface area (Å²) in [4.78, 5) is 27.9. The van der Waals surface area contributed by atoms with Crippen molar-refractivity contribution in [3.8, 4) is 0 Å². The highest BCUT2D eigenvalue weighted by Crippen LogP contribution is 2.66. The van der Waals surface area contributed by atoms with Crippen molar-refractivity contribution in [1.29, 1.82) is 0 Å². The fourth-order valence-electron chi connectivity index (χ4n) is 7.04. The van der Waals surface area contributed by atoms with E-state index in [9.17, 15) is 14.7 Å². The van der Waals surface area contributed by atoms with Crippen LogP contribution in [0.3, 0.4) is 0 Å². The van der Waals surface area contributed by atoms with E-state index in [1.165, 1.54) is 6.08 Å². The van der Waals surface area contributed by atoms with E-state index in [0.717, 1.165) is 12.0 Å². The standard InChI is InChI=1S/C28H35NO4/c1-17-9-8-12-20-24-27(4,33-24)18(2)23-21(15-19-10-6-5-7-11-19)29-25(31)28(20,23)22(30)13-14-26(3,32)16-17/h5-8,10-14,17-18,20-21,23-24,32H,9,15-16H2,1-4H3,(H,29,31). The lowest BCUT2D eigenvalue weighted by Crippen LogP contribution is -2.58. The fraction of sp³-hybridized carbons (Fsp3) is 0.571. The number of allylic oxidation sites excluding steroid dienone is 2. The normalized spacial score (nSPS) is 46.6. The summed E-state index contributed by atoms with van der Waals surface area (Å²) in [6, 6.07) is 9.97. The Kier molecular flexibility index (Phi) is 5.22. The van der Waals surface area contributed by atoms with Crippen LogP contribution in [0.1, 0.15) is 46.1 Å². The van der Waals surface area contributed by atoms with Gasteiger partial charge in [0.05, 0.1) is 17.3 Å². The molecule has 2 heterocycles. The van der Waals surface area contributed by atoms with Gasteiger partial charge in [0.15, 0.2) is 5.78 Å². The molecular weight excluding hydrogens is 414 g/mol. The lowest BCUT2D eigenvalue weighted by Gasteiger charge is -2.45. The summed E-state index contributed by atoms with van der Waals surface area (Å²) < 4.78 is 6.28. The van der Waals surface area contributed by atoms with Crippen LogP contribution in [-0.4, -0.2) is 40.1 Å². The highest BCUT2D eigenvalue weighted by Gasteiger charge is 2.78. The first-order valence-corrected chi connectivity index (χ1v) is 12.2. The number of carbonyl (C=O) groups is 2. The first kappa shape index (κ1) is 22.5. The number of carbonyl (C=O) groups excluding carboxylic acids is 2. The highest BCUT2D eigenvalue weighted by atomic mass is 16.6. The molecule has 0 aromatic heterocycles. The number of aliphatic hydroxyl groups is 1. The number of nitrogens with one attached hydrogen (secondary N) is 1. The predicted molar refractivity (Wildman–Crippen MR) is 126 cm³/mol. The second-order valence-electron chi connectivity index (χ2n) is 11.2. The van der Waals surface area contributed by atoms with Crippen molar-refractivity contribution >= 4 is 11.7 Å². The van der Waals surface area contributed by atoms with Gasteiger partial charge >= 0.3 is 0 Å². The monoisotopic (exact) mass is 449 g/mol. The summed E-state index contributed by atoms with van der Waals surface area (Å²) >= 11 is 0. The van der Waals surface area contributed by atoms with Crippen LogP contribution in [0.5, 0.6) is 0 Å². The second kappa shape index (κ2) is 7.64. The Hall–Kier alpha value is -2.24. The van der Waals surface area contributed by atoms with Gasteiger partial charge in [-0.2, -0.15) is 0 Å². The van der Waals surface area contributed by atoms with Crippen LogP contribution >= 0.6 is 0 Å². The number of hydrogen-bond acceptors (Lipinski definition) is 4. The minimum Gasteiger partial charge on any atom is -0.386 e. The van der Waals surface area contributed by atoms with Gasteiger partial charge in [-0.25, -0.2) is 0 Å². The lowest BCUT2D eigenvalue weighted by molar-refractivity contribution is -0.145. The summed E-state index contributed by atoms with van der Waals surface area (Å²) in [5.74, 6) is -0.663. The quantitative estimate of drug-likeness (QED) is 0.411. The third kappa shape index (κ3) is 3.43. The van der Waals surface area contributed by atoms with Crippen LogP contribution in [0.4, 0.5) is 0 Å². The third-order valence-corrected chi connectivity index (χ3v) is 8.78. The van der Waals surface area contributed by atoms with E-state index in [4.69, 9.17) is 4.74 Å². The number of amides is 1. The van der Waals surface area contributed by atoms with E-state index in [2.05, 4.69) is 50.4 Å². The average Bonchev–Trinajstić information content (AvgIpc) is 3.37. The molecule has 0 radical (unpaired) electrons. The molecule has 1 saturated carbocycles.